The van der Waals surface area contributed by atoms with Gasteiger partial charge in [-0.05, 0) is 32.6 Å². The Morgan fingerprint density at radius 3 is 3.00 bits per heavy atom. The molecule has 6 heteroatoms. The molecule has 21 heavy (non-hydrogen) atoms. The van der Waals surface area contributed by atoms with Gasteiger partial charge in [-0.25, -0.2) is 4.98 Å². The van der Waals surface area contributed by atoms with E-state index in [9.17, 15) is 4.79 Å². The van der Waals surface area contributed by atoms with E-state index in [4.69, 9.17) is 9.47 Å². The van der Waals surface area contributed by atoms with Crippen molar-refractivity contribution in [1.82, 2.24) is 4.98 Å². The molecule has 1 aromatic rings. The van der Waals surface area contributed by atoms with Gasteiger partial charge in [0, 0.05) is 12.0 Å². The lowest BCUT2D eigenvalue weighted by Crippen LogP contribution is -2.24. The Balaban J connectivity index is 2.13. The van der Waals surface area contributed by atoms with Crippen LogP contribution in [0.15, 0.2) is 0 Å². The first-order valence-corrected chi connectivity index (χ1v) is 8.42. The molecule has 1 heterocycles. The Morgan fingerprint density at radius 2 is 2.33 bits per heavy atom. The molecule has 0 saturated carbocycles. The first-order chi connectivity index (χ1) is 10.2. The number of carbonyl (C=O) groups is 1. The number of esters is 1. The summed E-state index contributed by atoms with van der Waals surface area (Å²) in [6.45, 7) is 5.03. The average molecular weight is 312 g/mol. The number of nitrogens with one attached hydrogen (secondary N) is 1. The predicted octanol–water partition coefficient (Wildman–Crippen LogP) is 2.96. The van der Waals surface area contributed by atoms with E-state index in [1.807, 2.05) is 6.92 Å². The molecule has 118 valence electrons. The van der Waals surface area contributed by atoms with Gasteiger partial charge in [0.2, 0.25) is 0 Å². The lowest BCUT2D eigenvalue weighted by atomic mass is 9.91. The maximum atomic E-state index is 12.1. The van der Waals surface area contributed by atoms with Crippen molar-refractivity contribution in [3.05, 3.63) is 10.6 Å². The zero-order valence-corrected chi connectivity index (χ0v) is 13.8. The molecule has 5 nitrogen and oxygen atoms in total. The number of anilines is 1. The van der Waals surface area contributed by atoms with Gasteiger partial charge >= 0.3 is 5.97 Å². The molecule has 0 aromatic carbocycles. The maximum absolute atomic E-state index is 12.1. The molecule has 2 atom stereocenters. The number of hydrogen-bond acceptors (Lipinski definition) is 6. The summed E-state index contributed by atoms with van der Waals surface area (Å²) < 4.78 is 10.4. The Hall–Kier alpha value is -1.14. The van der Waals surface area contributed by atoms with Gasteiger partial charge in [0.1, 0.15) is 5.92 Å². The number of ether oxygens (including phenoxy) is 2. The highest BCUT2D eigenvalue weighted by Crippen LogP contribution is 2.37. The minimum atomic E-state index is -0.192. The normalized spacial score (nSPS) is 18.9. The number of nitrogens with zero attached hydrogens (tertiary/aromatic N) is 1. The molecule has 0 aliphatic heterocycles. The molecule has 0 spiro atoms. The molecule has 0 saturated heterocycles. The third kappa shape index (κ3) is 3.95. The van der Waals surface area contributed by atoms with Crippen LogP contribution in [0.1, 0.15) is 49.6 Å². The van der Waals surface area contributed by atoms with Crippen molar-refractivity contribution >= 4 is 22.4 Å². The molecule has 2 rings (SSSR count). The smallest absolute Gasteiger partial charge is 0.315 e. The Morgan fingerprint density at radius 1 is 1.52 bits per heavy atom. The Bertz CT molecular complexity index is 475. The molecule has 0 bridgehead atoms. The standard InChI is InChI=1S/C15H24N2O3S/c1-4-10(9-19-3)16-15-17-13-11(14(18)20-5-2)7-6-8-12(13)21-15/h10-11H,4-9H2,1-3H3,(H,16,17). The lowest BCUT2D eigenvalue weighted by Gasteiger charge is -2.19. The van der Waals surface area contributed by atoms with E-state index in [1.54, 1.807) is 18.4 Å². The summed E-state index contributed by atoms with van der Waals surface area (Å²) in [4.78, 5) is 17.9. The van der Waals surface area contributed by atoms with E-state index in [1.165, 1.54) is 4.88 Å². The van der Waals surface area contributed by atoms with Crippen LogP contribution in [0.3, 0.4) is 0 Å². The highest BCUT2D eigenvalue weighted by molar-refractivity contribution is 7.15. The zero-order chi connectivity index (χ0) is 15.2. The number of aryl methyl sites for hydroxylation is 1. The third-order valence-corrected chi connectivity index (χ3v) is 4.78. The molecule has 0 radical (unpaired) electrons. The predicted molar refractivity (Wildman–Crippen MR) is 84.0 cm³/mol. The second-order valence-corrected chi connectivity index (χ2v) is 6.31. The summed E-state index contributed by atoms with van der Waals surface area (Å²) in [7, 11) is 1.70. The van der Waals surface area contributed by atoms with E-state index in [0.29, 0.717) is 13.2 Å². The van der Waals surface area contributed by atoms with Crippen molar-refractivity contribution in [3.63, 3.8) is 0 Å². The van der Waals surface area contributed by atoms with Crippen LogP contribution in [0.4, 0.5) is 5.13 Å². The first-order valence-electron chi connectivity index (χ1n) is 7.61. The summed E-state index contributed by atoms with van der Waals surface area (Å²) >= 11 is 1.66. The number of thiazole rings is 1. The van der Waals surface area contributed by atoms with Gasteiger partial charge in [-0.3, -0.25) is 4.79 Å². The second-order valence-electron chi connectivity index (χ2n) is 5.23. The Labute approximate surface area is 130 Å². The minimum Gasteiger partial charge on any atom is -0.465 e. The SMILES string of the molecule is CCOC(=O)C1CCCc2sc(NC(CC)COC)nc21. The van der Waals surface area contributed by atoms with Crippen LogP contribution in [-0.2, 0) is 20.7 Å². The van der Waals surface area contributed by atoms with E-state index in [0.717, 1.165) is 36.5 Å². The number of aromatic nitrogens is 1. The molecule has 1 aromatic heterocycles. The van der Waals surface area contributed by atoms with Gasteiger partial charge in [0.05, 0.1) is 24.9 Å². The van der Waals surface area contributed by atoms with Crippen LogP contribution in [0.2, 0.25) is 0 Å². The first kappa shape index (κ1) is 16.2. The topological polar surface area (TPSA) is 60.5 Å². The number of carbonyl (C=O) groups excluding carboxylic acids is 1. The van der Waals surface area contributed by atoms with Crippen molar-refractivity contribution in [3.8, 4) is 0 Å². The van der Waals surface area contributed by atoms with Crippen molar-refractivity contribution < 1.29 is 14.3 Å². The number of fused-ring (bicyclic) bond motifs is 1. The van der Waals surface area contributed by atoms with Gasteiger partial charge < -0.3 is 14.8 Å². The fourth-order valence-electron chi connectivity index (χ4n) is 2.59. The maximum Gasteiger partial charge on any atom is 0.315 e. The minimum absolute atomic E-state index is 0.140. The van der Waals surface area contributed by atoms with Crippen LogP contribution in [0, 0.1) is 0 Å². The van der Waals surface area contributed by atoms with Crippen molar-refractivity contribution in [1.29, 1.82) is 0 Å². The molecule has 1 aliphatic carbocycles. The van der Waals surface area contributed by atoms with E-state index in [-0.39, 0.29) is 17.9 Å². The molecule has 1 aliphatic rings. The number of rotatable bonds is 7. The molecule has 1 N–H and O–H groups in total. The van der Waals surface area contributed by atoms with Crippen molar-refractivity contribution in [2.75, 3.05) is 25.6 Å². The van der Waals surface area contributed by atoms with E-state index >= 15 is 0 Å². The van der Waals surface area contributed by atoms with E-state index < -0.39 is 0 Å². The number of hydrogen-bond donors (Lipinski definition) is 1. The largest absolute Gasteiger partial charge is 0.465 e. The second kappa shape index (κ2) is 7.75. The molecule has 0 fully saturated rings. The average Bonchev–Trinajstić information content (AvgIpc) is 2.89. The van der Waals surface area contributed by atoms with Crippen LogP contribution < -0.4 is 5.32 Å². The highest BCUT2D eigenvalue weighted by atomic mass is 32.1. The summed E-state index contributed by atoms with van der Waals surface area (Å²) in [5.41, 5.74) is 0.916. The van der Waals surface area contributed by atoms with Gasteiger partial charge in [-0.15, -0.1) is 11.3 Å². The van der Waals surface area contributed by atoms with Crippen molar-refractivity contribution in [2.24, 2.45) is 0 Å². The Kier molecular flexibility index (Phi) is 5.99. The van der Waals surface area contributed by atoms with Gasteiger partial charge in [0.25, 0.3) is 0 Å². The highest BCUT2D eigenvalue weighted by Gasteiger charge is 2.31. The molecule has 2 unspecified atom stereocenters. The third-order valence-electron chi connectivity index (χ3n) is 3.71. The van der Waals surface area contributed by atoms with Gasteiger partial charge in [-0.2, -0.15) is 0 Å². The monoisotopic (exact) mass is 312 g/mol. The number of methoxy groups -OCH3 is 1. The fourth-order valence-corrected chi connectivity index (χ4v) is 3.73. The molecule has 0 amide bonds. The van der Waals surface area contributed by atoms with Crippen LogP contribution >= 0.6 is 11.3 Å². The summed E-state index contributed by atoms with van der Waals surface area (Å²) in [5, 5.41) is 4.30. The summed E-state index contributed by atoms with van der Waals surface area (Å²) in [6.07, 6.45) is 3.84. The zero-order valence-electron chi connectivity index (χ0n) is 13.0. The van der Waals surface area contributed by atoms with Gasteiger partial charge in [-0.1, -0.05) is 6.92 Å². The lowest BCUT2D eigenvalue weighted by molar-refractivity contribution is -0.145. The molecular weight excluding hydrogens is 288 g/mol. The van der Waals surface area contributed by atoms with Crippen LogP contribution in [0.25, 0.3) is 0 Å². The summed E-state index contributed by atoms with van der Waals surface area (Å²) in [5.74, 6) is -0.331. The van der Waals surface area contributed by atoms with Crippen LogP contribution in [-0.4, -0.2) is 37.3 Å². The fraction of sp³-hybridized carbons (Fsp3) is 0.733. The van der Waals surface area contributed by atoms with Gasteiger partial charge in [0.15, 0.2) is 5.13 Å². The molecular formula is C15H24N2O3S. The van der Waals surface area contributed by atoms with Crippen LogP contribution in [0.5, 0.6) is 0 Å². The quantitative estimate of drug-likeness (QED) is 0.784. The summed E-state index contributed by atoms with van der Waals surface area (Å²) in [6, 6.07) is 0.253. The van der Waals surface area contributed by atoms with E-state index in [2.05, 4.69) is 17.2 Å². The van der Waals surface area contributed by atoms with Crippen molar-refractivity contribution in [2.45, 2.75) is 51.5 Å².